The molecule has 0 bridgehead atoms. The summed E-state index contributed by atoms with van der Waals surface area (Å²) < 4.78 is 15.6. The molecular formula is C19H24N4O5. The minimum Gasteiger partial charge on any atom is -0.496 e. The number of para-hydroxylation sites is 1. The Morgan fingerprint density at radius 2 is 2.14 bits per heavy atom. The Bertz CT molecular complexity index is 837. The lowest BCUT2D eigenvalue weighted by Crippen LogP contribution is -2.37. The van der Waals surface area contributed by atoms with Crippen molar-refractivity contribution < 1.29 is 23.6 Å². The summed E-state index contributed by atoms with van der Waals surface area (Å²) in [6, 6.07) is 6.98. The first-order valence-corrected chi connectivity index (χ1v) is 9.03. The second-order valence-corrected chi connectivity index (χ2v) is 6.53. The van der Waals surface area contributed by atoms with E-state index in [9.17, 15) is 9.59 Å². The standard InChI is InChI=1S/C19H24N4O5/c1-12-21-16(28-22-12)11-20-19(25)14-10-17(24)23(8-9-26-2)18(14)13-6-4-5-7-15(13)27-3/h4-7,14,18H,8-11H2,1-3H3,(H,20,25)/t14-,18+/m1/s1. The first-order valence-electron chi connectivity index (χ1n) is 9.03. The van der Waals surface area contributed by atoms with E-state index in [-0.39, 0.29) is 24.8 Å². The van der Waals surface area contributed by atoms with Gasteiger partial charge in [-0.2, -0.15) is 4.98 Å². The molecule has 3 rings (SSSR count). The zero-order chi connectivity index (χ0) is 20.1. The van der Waals surface area contributed by atoms with Crippen LogP contribution >= 0.6 is 0 Å². The zero-order valence-electron chi connectivity index (χ0n) is 16.2. The van der Waals surface area contributed by atoms with E-state index in [4.69, 9.17) is 14.0 Å². The number of carbonyl (C=O) groups is 2. The predicted octanol–water partition coefficient (Wildman–Crippen LogP) is 1.24. The number of nitrogens with zero attached hydrogens (tertiary/aromatic N) is 3. The zero-order valence-corrected chi connectivity index (χ0v) is 16.2. The highest BCUT2D eigenvalue weighted by atomic mass is 16.5. The third-order valence-corrected chi connectivity index (χ3v) is 4.75. The van der Waals surface area contributed by atoms with Crippen molar-refractivity contribution >= 4 is 11.8 Å². The second-order valence-electron chi connectivity index (χ2n) is 6.53. The van der Waals surface area contributed by atoms with Crippen molar-refractivity contribution in [1.29, 1.82) is 0 Å². The van der Waals surface area contributed by atoms with Crippen LogP contribution in [-0.4, -0.2) is 54.2 Å². The van der Waals surface area contributed by atoms with Crippen molar-refractivity contribution in [3.8, 4) is 5.75 Å². The first-order chi connectivity index (χ1) is 13.5. The van der Waals surface area contributed by atoms with Gasteiger partial charge in [0.25, 0.3) is 0 Å². The van der Waals surface area contributed by atoms with Crippen LogP contribution in [0.4, 0.5) is 0 Å². The minimum absolute atomic E-state index is 0.0956. The van der Waals surface area contributed by atoms with Crippen LogP contribution < -0.4 is 10.1 Å². The van der Waals surface area contributed by atoms with Gasteiger partial charge in [0.1, 0.15) is 5.75 Å². The molecule has 28 heavy (non-hydrogen) atoms. The topological polar surface area (TPSA) is 107 Å². The smallest absolute Gasteiger partial charge is 0.246 e. The monoisotopic (exact) mass is 388 g/mol. The van der Waals surface area contributed by atoms with Crippen LogP contribution in [0.15, 0.2) is 28.8 Å². The Kier molecular flexibility index (Phi) is 6.25. The Balaban J connectivity index is 1.84. The van der Waals surface area contributed by atoms with Gasteiger partial charge in [-0.05, 0) is 13.0 Å². The molecule has 0 radical (unpaired) electrons. The van der Waals surface area contributed by atoms with Crippen molar-refractivity contribution in [3.05, 3.63) is 41.5 Å². The molecule has 0 unspecified atom stereocenters. The molecule has 1 aromatic heterocycles. The molecular weight excluding hydrogens is 364 g/mol. The second kappa shape index (κ2) is 8.83. The van der Waals surface area contributed by atoms with Crippen LogP contribution in [0.5, 0.6) is 5.75 Å². The molecule has 2 amide bonds. The molecule has 9 nitrogen and oxygen atoms in total. The van der Waals surface area contributed by atoms with E-state index in [0.29, 0.717) is 30.6 Å². The molecule has 1 saturated heterocycles. The quantitative estimate of drug-likeness (QED) is 0.725. The number of ether oxygens (including phenoxy) is 2. The molecule has 1 aromatic carbocycles. The first kappa shape index (κ1) is 19.8. The minimum atomic E-state index is -0.565. The van der Waals surface area contributed by atoms with Gasteiger partial charge in [0, 0.05) is 25.6 Å². The van der Waals surface area contributed by atoms with Crippen LogP contribution in [0.1, 0.15) is 29.7 Å². The van der Waals surface area contributed by atoms with Gasteiger partial charge in [-0.1, -0.05) is 23.4 Å². The summed E-state index contributed by atoms with van der Waals surface area (Å²) in [5, 5.41) is 6.51. The summed E-state index contributed by atoms with van der Waals surface area (Å²) in [6.07, 6.45) is 0.112. The number of hydrogen-bond donors (Lipinski definition) is 1. The van der Waals surface area contributed by atoms with Crippen molar-refractivity contribution in [2.75, 3.05) is 27.4 Å². The average molecular weight is 388 g/mol. The fraction of sp³-hybridized carbons (Fsp3) is 0.474. The Hall–Kier alpha value is -2.94. The maximum absolute atomic E-state index is 12.9. The maximum atomic E-state index is 12.9. The Morgan fingerprint density at radius 3 is 2.82 bits per heavy atom. The van der Waals surface area contributed by atoms with Gasteiger partial charge >= 0.3 is 0 Å². The van der Waals surface area contributed by atoms with E-state index in [0.717, 1.165) is 5.56 Å². The van der Waals surface area contributed by atoms with Gasteiger partial charge in [-0.25, -0.2) is 0 Å². The molecule has 150 valence electrons. The normalized spacial score (nSPS) is 19.1. The van der Waals surface area contributed by atoms with Gasteiger partial charge in [0.05, 0.1) is 32.2 Å². The molecule has 9 heteroatoms. The summed E-state index contributed by atoms with van der Waals surface area (Å²) in [5.74, 6) is 0.541. The number of rotatable bonds is 8. The molecule has 2 heterocycles. The van der Waals surface area contributed by atoms with Crippen LogP contribution in [0, 0.1) is 12.8 Å². The van der Waals surface area contributed by atoms with Crippen LogP contribution in [0.3, 0.4) is 0 Å². The van der Waals surface area contributed by atoms with E-state index in [2.05, 4.69) is 15.5 Å². The number of aryl methyl sites for hydroxylation is 1. The molecule has 2 atom stereocenters. The third kappa shape index (κ3) is 4.14. The average Bonchev–Trinajstić information content (AvgIpc) is 3.27. The van der Waals surface area contributed by atoms with E-state index in [1.807, 2.05) is 24.3 Å². The molecule has 1 aliphatic rings. The fourth-order valence-electron chi connectivity index (χ4n) is 3.48. The van der Waals surface area contributed by atoms with E-state index >= 15 is 0 Å². The molecule has 1 aliphatic heterocycles. The SMILES string of the molecule is COCCN1C(=O)C[C@@H](C(=O)NCc2nc(C)no2)[C@@H]1c1ccccc1OC. The number of amides is 2. The highest BCUT2D eigenvalue weighted by molar-refractivity contribution is 5.90. The fourth-order valence-corrected chi connectivity index (χ4v) is 3.48. The number of carbonyl (C=O) groups excluding carboxylic acids is 2. The lowest BCUT2D eigenvalue weighted by molar-refractivity contribution is -0.129. The highest BCUT2D eigenvalue weighted by Crippen LogP contribution is 2.41. The van der Waals surface area contributed by atoms with E-state index < -0.39 is 12.0 Å². The van der Waals surface area contributed by atoms with Crippen molar-refractivity contribution in [1.82, 2.24) is 20.4 Å². The number of methoxy groups -OCH3 is 2. The van der Waals surface area contributed by atoms with Gasteiger partial charge in [-0.15, -0.1) is 0 Å². The summed E-state index contributed by atoms with van der Waals surface area (Å²) in [7, 11) is 3.15. The molecule has 1 fully saturated rings. The van der Waals surface area contributed by atoms with Crippen molar-refractivity contribution in [2.45, 2.75) is 25.9 Å². The number of nitrogens with one attached hydrogen (secondary N) is 1. The van der Waals surface area contributed by atoms with Gasteiger partial charge in [0.15, 0.2) is 5.82 Å². The Labute approximate surface area is 163 Å². The third-order valence-electron chi connectivity index (χ3n) is 4.75. The maximum Gasteiger partial charge on any atom is 0.246 e. The van der Waals surface area contributed by atoms with Crippen LogP contribution in [-0.2, 0) is 20.9 Å². The van der Waals surface area contributed by atoms with Crippen LogP contribution in [0.25, 0.3) is 0 Å². The molecule has 0 saturated carbocycles. The predicted molar refractivity (Wildman–Crippen MR) is 98.3 cm³/mol. The molecule has 0 aliphatic carbocycles. The van der Waals surface area contributed by atoms with Gasteiger partial charge < -0.3 is 24.2 Å². The lowest BCUT2D eigenvalue weighted by atomic mass is 9.92. The Morgan fingerprint density at radius 1 is 1.36 bits per heavy atom. The number of benzene rings is 1. The number of likely N-dealkylation sites (tertiary alicyclic amines) is 1. The van der Waals surface area contributed by atoms with Crippen molar-refractivity contribution in [3.63, 3.8) is 0 Å². The highest BCUT2D eigenvalue weighted by Gasteiger charge is 2.45. The van der Waals surface area contributed by atoms with Gasteiger partial charge in [0.2, 0.25) is 17.7 Å². The molecule has 0 spiro atoms. The number of aromatic nitrogens is 2. The van der Waals surface area contributed by atoms with E-state index in [1.54, 1.807) is 26.0 Å². The van der Waals surface area contributed by atoms with Crippen molar-refractivity contribution in [2.24, 2.45) is 5.92 Å². The summed E-state index contributed by atoms with van der Waals surface area (Å²) in [4.78, 5) is 31.3. The largest absolute Gasteiger partial charge is 0.496 e. The molecule has 2 aromatic rings. The lowest BCUT2D eigenvalue weighted by Gasteiger charge is -2.29. The van der Waals surface area contributed by atoms with E-state index in [1.165, 1.54) is 0 Å². The molecule has 1 N–H and O–H groups in total. The number of hydrogen-bond acceptors (Lipinski definition) is 7. The summed E-state index contributed by atoms with van der Waals surface area (Å²) in [6.45, 7) is 2.59. The van der Waals surface area contributed by atoms with Crippen LogP contribution in [0.2, 0.25) is 0 Å². The summed E-state index contributed by atoms with van der Waals surface area (Å²) in [5.41, 5.74) is 0.792. The van der Waals surface area contributed by atoms with Gasteiger partial charge in [-0.3, -0.25) is 9.59 Å². The summed E-state index contributed by atoms with van der Waals surface area (Å²) >= 11 is 0.